The topological polar surface area (TPSA) is 95.5 Å². The van der Waals surface area contributed by atoms with Crippen LogP contribution < -0.4 is 10.6 Å². The average Bonchev–Trinajstić information content (AvgIpc) is 2.55. The molecule has 1 rings (SSSR count). The van der Waals surface area contributed by atoms with Gasteiger partial charge >= 0.3 is 5.97 Å². The van der Waals surface area contributed by atoms with E-state index in [0.717, 1.165) is 12.0 Å². The molecule has 6 nitrogen and oxygen atoms in total. The molecular weight excluding hydrogens is 320 g/mol. The number of aryl methyl sites for hydroxylation is 1. The maximum Gasteiger partial charge on any atom is 0.308 e. The summed E-state index contributed by atoms with van der Waals surface area (Å²) in [6.07, 6.45) is 1.22. The molecule has 2 unspecified atom stereocenters. The highest BCUT2D eigenvalue weighted by Gasteiger charge is 2.26. The number of nitrogens with one attached hydrogen (secondary N) is 2. The summed E-state index contributed by atoms with van der Waals surface area (Å²) in [6, 6.07) is 6.41. The lowest BCUT2D eigenvalue weighted by atomic mass is 10.0. The van der Waals surface area contributed by atoms with Crippen LogP contribution in [0, 0.1) is 18.8 Å². The fourth-order valence-electron chi connectivity index (χ4n) is 2.54. The van der Waals surface area contributed by atoms with Gasteiger partial charge in [-0.05, 0) is 31.4 Å². The molecule has 0 aliphatic rings. The van der Waals surface area contributed by atoms with Gasteiger partial charge in [0.25, 0.3) is 5.91 Å². The minimum atomic E-state index is -0.924. The third-order valence-corrected chi connectivity index (χ3v) is 4.03. The molecule has 1 aromatic rings. The molecule has 0 heterocycles. The molecule has 0 aliphatic heterocycles. The SMILES string of the molecule is CCCC(CNC(=O)C(NC(=O)c1cccc(C)c1)C(C)C)C(=O)O. The lowest BCUT2D eigenvalue weighted by Gasteiger charge is -2.23. The number of carbonyl (C=O) groups is 3. The second-order valence-corrected chi connectivity index (χ2v) is 6.63. The molecule has 2 atom stereocenters. The molecule has 138 valence electrons. The number of carbonyl (C=O) groups excluding carboxylic acids is 2. The van der Waals surface area contributed by atoms with E-state index in [1.165, 1.54) is 0 Å². The van der Waals surface area contributed by atoms with E-state index in [0.29, 0.717) is 12.0 Å². The zero-order chi connectivity index (χ0) is 19.0. The summed E-state index contributed by atoms with van der Waals surface area (Å²) in [5, 5.41) is 14.6. The van der Waals surface area contributed by atoms with Crippen LogP contribution in [0.25, 0.3) is 0 Å². The Morgan fingerprint density at radius 1 is 1.20 bits per heavy atom. The van der Waals surface area contributed by atoms with Crippen molar-refractivity contribution in [2.45, 2.75) is 46.6 Å². The van der Waals surface area contributed by atoms with Crippen molar-refractivity contribution in [3.63, 3.8) is 0 Å². The summed E-state index contributed by atoms with van der Waals surface area (Å²) in [7, 11) is 0. The Morgan fingerprint density at radius 3 is 2.40 bits per heavy atom. The van der Waals surface area contributed by atoms with E-state index in [9.17, 15) is 14.4 Å². The van der Waals surface area contributed by atoms with Crippen molar-refractivity contribution >= 4 is 17.8 Å². The molecule has 0 saturated heterocycles. The Labute approximate surface area is 149 Å². The van der Waals surface area contributed by atoms with E-state index < -0.39 is 17.9 Å². The molecule has 0 bridgehead atoms. The highest BCUT2D eigenvalue weighted by Crippen LogP contribution is 2.09. The summed E-state index contributed by atoms with van der Waals surface area (Å²) in [6.45, 7) is 7.52. The zero-order valence-corrected chi connectivity index (χ0v) is 15.3. The van der Waals surface area contributed by atoms with Crippen molar-refractivity contribution < 1.29 is 19.5 Å². The van der Waals surface area contributed by atoms with Crippen LogP contribution in [-0.2, 0) is 9.59 Å². The smallest absolute Gasteiger partial charge is 0.308 e. The molecule has 2 amide bonds. The molecule has 0 aromatic heterocycles. The predicted octanol–water partition coefficient (Wildman–Crippen LogP) is 2.37. The Hall–Kier alpha value is -2.37. The monoisotopic (exact) mass is 348 g/mol. The van der Waals surface area contributed by atoms with Crippen molar-refractivity contribution in [3.8, 4) is 0 Å². The van der Waals surface area contributed by atoms with Crippen molar-refractivity contribution in [2.24, 2.45) is 11.8 Å². The second kappa shape index (κ2) is 9.81. The molecule has 0 saturated carbocycles. The van der Waals surface area contributed by atoms with Crippen molar-refractivity contribution in [2.75, 3.05) is 6.54 Å². The van der Waals surface area contributed by atoms with Gasteiger partial charge in [-0.15, -0.1) is 0 Å². The standard InChI is InChI=1S/C19H28N2O4/c1-5-7-15(19(24)25)11-20-18(23)16(12(2)3)21-17(22)14-9-6-8-13(4)10-14/h6,8-10,12,15-16H,5,7,11H2,1-4H3,(H,20,23)(H,21,22)(H,24,25). The van der Waals surface area contributed by atoms with E-state index in [1.54, 1.807) is 18.2 Å². The summed E-state index contributed by atoms with van der Waals surface area (Å²) in [5.41, 5.74) is 1.45. The van der Waals surface area contributed by atoms with Crippen LogP contribution in [-0.4, -0.2) is 35.5 Å². The average molecular weight is 348 g/mol. The number of amides is 2. The first-order valence-corrected chi connectivity index (χ1v) is 8.64. The minimum absolute atomic E-state index is 0.0611. The molecule has 1 aromatic carbocycles. The molecule has 0 radical (unpaired) electrons. The third-order valence-electron chi connectivity index (χ3n) is 4.03. The fourth-order valence-corrected chi connectivity index (χ4v) is 2.54. The Bertz CT molecular complexity index is 613. The van der Waals surface area contributed by atoms with Crippen molar-refractivity contribution in [3.05, 3.63) is 35.4 Å². The lowest BCUT2D eigenvalue weighted by molar-refractivity contribution is -0.142. The van der Waals surface area contributed by atoms with Crippen LogP contribution in [0.4, 0.5) is 0 Å². The number of carboxylic acid groups (broad SMARTS) is 1. The number of carboxylic acids is 1. The van der Waals surface area contributed by atoms with Crippen LogP contribution in [0.5, 0.6) is 0 Å². The molecule has 0 fully saturated rings. The van der Waals surface area contributed by atoms with Gasteiger partial charge in [0.15, 0.2) is 0 Å². The maximum absolute atomic E-state index is 12.4. The predicted molar refractivity (Wildman–Crippen MR) is 96.3 cm³/mol. The van der Waals surface area contributed by atoms with Gasteiger partial charge in [0, 0.05) is 12.1 Å². The van der Waals surface area contributed by atoms with Crippen LogP contribution >= 0.6 is 0 Å². The summed E-state index contributed by atoms with van der Waals surface area (Å²) >= 11 is 0. The summed E-state index contributed by atoms with van der Waals surface area (Å²) in [4.78, 5) is 36.0. The lowest BCUT2D eigenvalue weighted by Crippen LogP contribution is -2.50. The van der Waals surface area contributed by atoms with Gasteiger partial charge in [-0.1, -0.05) is 44.9 Å². The van der Waals surface area contributed by atoms with Gasteiger partial charge in [0.05, 0.1) is 5.92 Å². The number of benzene rings is 1. The molecular formula is C19H28N2O4. The van der Waals surface area contributed by atoms with Crippen molar-refractivity contribution in [1.82, 2.24) is 10.6 Å². The van der Waals surface area contributed by atoms with E-state index in [2.05, 4.69) is 10.6 Å². The van der Waals surface area contributed by atoms with Gasteiger partial charge < -0.3 is 15.7 Å². The van der Waals surface area contributed by atoms with Gasteiger partial charge in [0.1, 0.15) is 6.04 Å². The van der Waals surface area contributed by atoms with E-state index in [4.69, 9.17) is 5.11 Å². The van der Waals surface area contributed by atoms with Crippen molar-refractivity contribution in [1.29, 1.82) is 0 Å². The summed E-state index contributed by atoms with van der Waals surface area (Å²) < 4.78 is 0. The van der Waals surface area contributed by atoms with Crippen LogP contribution in [0.15, 0.2) is 24.3 Å². The first-order valence-electron chi connectivity index (χ1n) is 8.64. The molecule has 0 spiro atoms. The molecule has 0 aliphatic carbocycles. The third kappa shape index (κ3) is 6.57. The first kappa shape index (κ1) is 20.7. The van der Waals surface area contributed by atoms with Crippen LogP contribution in [0.3, 0.4) is 0 Å². The van der Waals surface area contributed by atoms with Crippen LogP contribution in [0.1, 0.15) is 49.5 Å². The quantitative estimate of drug-likeness (QED) is 0.638. The number of hydrogen-bond donors (Lipinski definition) is 3. The maximum atomic E-state index is 12.4. The number of aliphatic carboxylic acids is 1. The van der Waals surface area contributed by atoms with Gasteiger partial charge in [-0.3, -0.25) is 14.4 Å². The largest absolute Gasteiger partial charge is 0.481 e. The zero-order valence-electron chi connectivity index (χ0n) is 15.3. The highest BCUT2D eigenvalue weighted by molar-refractivity contribution is 5.97. The summed E-state index contributed by atoms with van der Waals surface area (Å²) in [5.74, 6) is -2.34. The molecule has 3 N–H and O–H groups in total. The Kier molecular flexibility index (Phi) is 8.11. The Balaban J connectivity index is 2.73. The van der Waals surface area contributed by atoms with E-state index in [-0.39, 0.29) is 24.3 Å². The van der Waals surface area contributed by atoms with E-state index in [1.807, 2.05) is 33.8 Å². The molecule has 25 heavy (non-hydrogen) atoms. The fraction of sp³-hybridized carbons (Fsp3) is 0.526. The Morgan fingerprint density at radius 2 is 1.88 bits per heavy atom. The van der Waals surface area contributed by atoms with Crippen LogP contribution in [0.2, 0.25) is 0 Å². The highest BCUT2D eigenvalue weighted by atomic mass is 16.4. The minimum Gasteiger partial charge on any atom is -0.481 e. The van der Waals surface area contributed by atoms with Gasteiger partial charge in [-0.25, -0.2) is 0 Å². The van der Waals surface area contributed by atoms with E-state index >= 15 is 0 Å². The normalized spacial score (nSPS) is 13.2. The number of hydrogen-bond acceptors (Lipinski definition) is 3. The van der Waals surface area contributed by atoms with Gasteiger partial charge in [0.2, 0.25) is 5.91 Å². The second-order valence-electron chi connectivity index (χ2n) is 6.63. The molecule has 6 heteroatoms. The van der Waals surface area contributed by atoms with Gasteiger partial charge in [-0.2, -0.15) is 0 Å². The number of rotatable bonds is 9. The first-order chi connectivity index (χ1) is 11.8.